The van der Waals surface area contributed by atoms with Crippen molar-refractivity contribution in [1.29, 1.82) is 0 Å². The van der Waals surface area contributed by atoms with Gasteiger partial charge in [-0.25, -0.2) is 0 Å². The van der Waals surface area contributed by atoms with E-state index in [2.05, 4.69) is 35.0 Å². The smallest absolute Gasteiger partial charge is 0.0500 e. The first-order chi connectivity index (χ1) is 9.15. The lowest BCUT2D eigenvalue weighted by Gasteiger charge is -2.21. The van der Waals surface area contributed by atoms with Gasteiger partial charge in [0.1, 0.15) is 0 Å². The molecule has 1 aliphatic heterocycles. The Hall–Kier alpha value is -0.600. The van der Waals surface area contributed by atoms with Crippen molar-refractivity contribution in [2.24, 2.45) is 10.9 Å². The van der Waals surface area contributed by atoms with Gasteiger partial charge < -0.3 is 0 Å². The van der Waals surface area contributed by atoms with Crippen LogP contribution in [0.15, 0.2) is 49.1 Å². The van der Waals surface area contributed by atoms with E-state index in [4.69, 9.17) is 16.6 Å². The maximum Gasteiger partial charge on any atom is 0.0500 e. The lowest BCUT2D eigenvalue weighted by atomic mass is 9.86. The molecule has 3 rings (SSSR count). The second-order valence-electron chi connectivity index (χ2n) is 5.38. The van der Waals surface area contributed by atoms with E-state index in [1.807, 2.05) is 6.21 Å². The number of hydrogen-bond donors (Lipinski definition) is 0. The molecular weight excluding hydrogens is 322 g/mol. The molecule has 1 atom stereocenters. The van der Waals surface area contributed by atoms with Crippen LogP contribution in [0.3, 0.4) is 0 Å². The second kappa shape index (κ2) is 5.41. The van der Waals surface area contributed by atoms with E-state index in [1.165, 1.54) is 26.9 Å². The minimum Gasteiger partial charge on any atom is -0.264 e. The normalized spacial score (nSPS) is 27.2. The van der Waals surface area contributed by atoms with Gasteiger partial charge in [-0.15, -0.1) is 0 Å². The lowest BCUT2D eigenvalue weighted by molar-refractivity contribution is 0.714. The number of halogens is 2. The van der Waals surface area contributed by atoms with E-state index in [1.54, 1.807) is 0 Å². The molecule has 0 aromatic rings. The Labute approximate surface area is 128 Å². The molecule has 100 valence electrons. The van der Waals surface area contributed by atoms with Crippen molar-refractivity contribution in [1.82, 2.24) is 0 Å². The van der Waals surface area contributed by atoms with Gasteiger partial charge in [-0.05, 0) is 49.0 Å². The van der Waals surface area contributed by atoms with Crippen molar-refractivity contribution in [2.45, 2.75) is 39.0 Å². The molecule has 1 nitrogen and oxygen atoms in total. The van der Waals surface area contributed by atoms with Gasteiger partial charge in [0.2, 0.25) is 0 Å². The molecule has 3 aliphatic rings. The zero-order valence-electron chi connectivity index (χ0n) is 11.0. The van der Waals surface area contributed by atoms with Crippen LogP contribution in [-0.2, 0) is 0 Å². The number of rotatable bonds is 0. The Morgan fingerprint density at radius 2 is 1.95 bits per heavy atom. The molecular formula is C16H17BrClN. The highest BCUT2D eigenvalue weighted by Gasteiger charge is 2.26. The summed E-state index contributed by atoms with van der Waals surface area (Å²) >= 11 is 9.82. The minimum absolute atomic E-state index is 0.416. The lowest BCUT2D eigenvalue weighted by Crippen LogP contribution is -2.07. The second-order valence-corrected chi connectivity index (χ2v) is 6.88. The molecule has 19 heavy (non-hydrogen) atoms. The van der Waals surface area contributed by atoms with Gasteiger partial charge >= 0.3 is 0 Å². The molecule has 1 heterocycles. The van der Waals surface area contributed by atoms with Gasteiger partial charge in [0.05, 0.1) is 5.70 Å². The fraction of sp³-hybridized carbons (Fsp3) is 0.438. The highest BCUT2D eigenvalue weighted by molar-refractivity contribution is 9.11. The molecule has 2 aliphatic carbocycles. The zero-order chi connectivity index (χ0) is 13.4. The zero-order valence-corrected chi connectivity index (χ0v) is 13.4. The van der Waals surface area contributed by atoms with Crippen LogP contribution in [-0.4, -0.2) is 6.21 Å². The average Bonchev–Trinajstić information content (AvgIpc) is 2.63. The molecule has 3 heteroatoms. The summed E-state index contributed by atoms with van der Waals surface area (Å²) in [5, 5.41) is 1.00. The van der Waals surface area contributed by atoms with Crippen LogP contribution in [0.5, 0.6) is 0 Å². The van der Waals surface area contributed by atoms with E-state index in [9.17, 15) is 0 Å². The third-order valence-corrected chi connectivity index (χ3v) is 5.00. The standard InChI is InChI=1S/C16H17BrClN/c1-10-15-5-4-14(18)9-11(15)2-3-12-8-13(17)6-7-19-16(10)12/h7-10H,2-6H2,1H3/t10-/m1/s1. The first-order valence-electron chi connectivity index (χ1n) is 6.85. The first-order valence-corrected chi connectivity index (χ1v) is 8.02. The third-order valence-electron chi connectivity index (χ3n) is 4.15. The summed E-state index contributed by atoms with van der Waals surface area (Å²) in [4.78, 5) is 4.73. The molecule has 0 aromatic carbocycles. The first kappa shape index (κ1) is 13.4. The summed E-state index contributed by atoms with van der Waals surface area (Å²) in [6.45, 7) is 2.29. The fourth-order valence-electron chi connectivity index (χ4n) is 3.16. The maximum atomic E-state index is 6.20. The van der Waals surface area contributed by atoms with Gasteiger partial charge in [0, 0.05) is 28.1 Å². The fourth-order valence-corrected chi connectivity index (χ4v) is 3.80. The summed E-state index contributed by atoms with van der Waals surface area (Å²) in [5.74, 6) is 0.416. The third kappa shape index (κ3) is 2.66. The monoisotopic (exact) mass is 337 g/mol. The summed E-state index contributed by atoms with van der Waals surface area (Å²) in [7, 11) is 0. The molecule has 0 unspecified atom stereocenters. The Bertz CT molecular complexity index is 563. The topological polar surface area (TPSA) is 12.4 Å². The largest absolute Gasteiger partial charge is 0.264 e. The van der Waals surface area contributed by atoms with E-state index >= 15 is 0 Å². The number of aliphatic imine (C=N–C) groups is 1. The predicted molar refractivity (Wildman–Crippen MR) is 85.7 cm³/mol. The van der Waals surface area contributed by atoms with Crippen LogP contribution in [0.25, 0.3) is 0 Å². The molecule has 0 fully saturated rings. The van der Waals surface area contributed by atoms with E-state index < -0.39 is 0 Å². The van der Waals surface area contributed by atoms with Crippen molar-refractivity contribution in [2.75, 3.05) is 0 Å². The molecule has 0 radical (unpaired) electrons. The Morgan fingerprint density at radius 1 is 1.16 bits per heavy atom. The van der Waals surface area contributed by atoms with Crippen LogP contribution in [0.4, 0.5) is 0 Å². The maximum absolute atomic E-state index is 6.20. The molecule has 0 N–H and O–H groups in total. The van der Waals surface area contributed by atoms with Crippen molar-refractivity contribution in [3.63, 3.8) is 0 Å². The quantitative estimate of drug-likeness (QED) is 0.542. The Kier molecular flexibility index (Phi) is 3.81. The average molecular weight is 339 g/mol. The van der Waals surface area contributed by atoms with Crippen LogP contribution in [0.2, 0.25) is 0 Å². The van der Waals surface area contributed by atoms with Gasteiger partial charge in [0.25, 0.3) is 0 Å². The van der Waals surface area contributed by atoms with Crippen molar-refractivity contribution in [3.05, 3.63) is 44.1 Å². The molecule has 0 saturated heterocycles. The van der Waals surface area contributed by atoms with Crippen LogP contribution in [0, 0.1) is 5.92 Å². The predicted octanol–water partition coefficient (Wildman–Crippen LogP) is 5.64. The Morgan fingerprint density at radius 3 is 2.79 bits per heavy atom. The highest BCUT2D eigenvalue weighted by Crippen LogP contribution is 2.41. The van der Waals surface area contributed by atoms with Crippen molar-refractivity contribution in [3.8, 4) is 0 Å². The number of nitrogens with zero attached hydrogens (tertiary/aromatic N) is 1. The number of allylic oxidation sites excluding steroid dienone is 7. The van der Waals surface area contributed by atoms with Crippen molar-refractivity contribution < 1.29 is 0 Å². The summed E-state index contributed by atoms with van der Waals surface area (Å²) in [6.07, 6.45) is 11.6. The van der Waals surface area contributed by atoms with Crippen LogP contribution in [0.1, 0.15) is 39.0 Å². The molecule has 0 amide bonds. The minimum atomic E-state index is 0.416. The summed E-state index contributed by atoms with van der Waals surface area (Å²) < 4.78 is 1.22. The summed E-state index contributed by atoms with van der Waals surface area (Å²) in [6, 6.07) is 0. The van der Waals surface area contributed by atoms with Crippen LogP contribution < -0.4 is 0 Å². The molecule has 0 aromatic heterocycles. The van der Waals surface area contributed by atoms with E-state index in [-0.39, 0.29) is 0 Å². The van der Waals surface area contributed by atoms with E-state index in [0.29, 0.717) is 5.92 Å². The number of hydrogen-bond acceptors (Lipinski definition) is 1. The van der Waals surface area contributed by atoms with Gasteiger partial charge in [0.15, 0.2) is 0 Å². The van der Waals surface area contributed by atoms with E-state index in [0.717, 1.165) is 37.1 Å². The Balaban J connectivity index is 2.04. The summed E-state index contributed by atoms with van der Waals surface area (Å²) in [5.41, 5.74) is 5.62. The van der Waals surface area contributed by atoms with Crippen LogP contribution >= 0.6 is 27.5 Å². The molecule has 0 spiro atoms. The highest BCUT2D eigenvalue weighted by atomic mass is 79.9. The molecule has 0 bridgehead atoms. The van der Waals surface area contributed by atoms with Gasteiger partial charge in [-0.1, -0.05) is 40.0 Å². The van der Waals surface area contributed by atoms with Crippen molar-refractivity contribution >= 4 is 33.7 Å². The van der Waals surface area contributed by atoms with Gasteiger partial charge in [-0.3, -0.25) is 4.99 Å². The molecule has 0 saturated carbocycles. The SMILES string of the molecule is C[C@@H]1C2=C(C=C(Cl)CC2)CCC2=C1N=CCC(Br)=C2. The van der Waals surface area contributed by atoms with Gasteiger partial charge in [-0.2, -0.15) is 0 Å².